The van der Waals surface area contributed by atoms with Gasteiger partial charge in [0.25, 0.3) is 0 Å². The number of unbranched alkanes of at least 4 members (excludes halogenated alkanes) is 12. The van der Waals surface area contributed by atoms with E-state index in [-0.39, 0.29) is 30.2 Å². The lowest BCUT2D eigenvalue weighted by molar-refractivity contribution is -0.153. The third-order valence-electron chi connectivity index (χ3n) is 9.34. The minimum Gasteiger partial charge on any atom is -0.464 e. The molecule has 5 heteroatoms. The van der Waals surface area contributed by atoms with E-state index in [1.54, 1.807) is 0 Å². The van der Waals surface area contributed by atoms with E-state index in [0.29, 0.717) is 6.61 Å². The van der Waals surface area contributed by atoms with Crippen LogP contribution in [-0.2, 0) is 19.1 Å². The van der Waals surface area contributed by atoms with E-state index in [2.05, 4.69) is 31.2 Å². The molecule has 6 rings (SSSR count). The van der Waals surface area contributed by atoms with Crippen molar-refractivity contribution < 1.29 is 19.1 Å². The number of rotatable bonds is 16. The Morgan fingerprint density at radius 2 is 1.00 bits per heavy atom. The fourth-order valence-electron chi connectivity index (χ4n) is 7.38. The van der Waals surface area contributed by atoms with Crippen molar-refractivity contribution in [3.05, 3.63) is 70.8 Å². The van der Waals surface area contributed by atoms with Gasteiger partial charge in [0.1, 0.15) is 6.54 Å². The van der Waals surface area contributed by atoms with Gasteiger partial charge in [-0.25, -0.2) is 0 Å². The van der Waals surface area contributed by atoms with Gasteiger partial charge < -0.3 is 4.74 Å². The van der Waals surface area contributed by atoms with E-state index in [0.717, 1.165) is 41.5 Å². The summed E-state index contributed by atoms with van der Waals surface area (Å²) in [5, 5.41) is 0. The average molecular weight is 544 g/mol. The first-order valence-corrected chi connectivity index (χ1v) is 15.8. The SMILES string of the molecule is CCCCCCCCCCCCCCCOC(=O)CN1C(=O)[C@@H]2C3c4ccccc4C(c4ccccc43)[C@H]2C1=O. The van der Waals surface area contributed by atoms with Crippen molar-refractivity contribution in [3.8, 4) is 0 Å². The van der Waals surface area contributed by atoms with Crippen LogP contribution in [0.15, 0.2) is 48.5 Å². The maximum atomic E-state index is 13.6. The lowest BCUT2D eigenvalue weighted by Crippen LogP contribution is -2.41. The highest BCUT2D eigenvalue weighted by molar-refractivity contribution is 6.09. The number of benzene rings is 2. The smallest absolute Gasteiger partial charge is 0.326 e. The molecule has 1 saturated heterocycles. The van der Waals surface area contributed by atoms with Crippen LogP contribution in [0.1, 0.15) is 124 Å². The van der Waals surface area contributed by atoms with Crippen molar-refractivity contribution in [2.75, 3.05) is 13.2 Å². The molecule has 2 atom stereocenters. The van der Waals surface area contributed by atoms with Gasteiger partial charge in [0.15, 0.2) is 0 Å². The first-order chi connectivity index (χ1) is 19.6. The minimum atomic E-state index is -0.485. The number of carbonyl (C=O) groups excluding carboxylic acids is 3. The molecule has 4 aliphatic rings. The van der Waals surface area contributed by atoms with Gasteiger partial charge in [0, 0.05) is 11.8 Å². The van der Waals surface area contributed by atoms with E-state index >= 15 is 0 Å². The summed E-state index contributed by atoms with van der Waals surface area (Å²) >= 11 is 0. The van der Waals surface area contributed by atoms with E-state index in [4.69, 9.17) is 4.74 Å². The third-order valence-corrected chi connectivity index (χ3v) is 9.34. The van der Waals surface area contributed by atoms with Crippen molar-refractivity contribution in [1.29, 1.82) is 0 Å². The third kappa shape index (κ3) is 5.89. The van der Waals surface area contributed by atoms with Crippen molar-refractivity contribution in [3.63, 3.8) is 0 Å². The van der Waals surface area contributed by atoms with Crippen LogP contribution in [-0.4, -0.2) is 35.8 Å². The van der Waals surface area contributed by atoms with Crippen molar-refractivity contribution in [1.82, 2.24) is 4.90 Å². The molecule has 3 aliphatic carbocycles. The second-order valence-electron chi connectivity index (χ2n) is 12.0. The average Bonchev–Trinajstić information content (AvgIpc) is 3.22. The van der Waals surface area contributed by atoms with Crippen molar-refractivity contribution in [2.45, 2.75) is 102 Å². The summed E-state index contributed by atoms with van der Waals surface area (Å²) in [5.41, 5.74) is 4.56. The second kappa shape index (κ2) is 13.6. The number of hydrogen-bond acceptors (Lipinski definition) is 4. The maximum absolute atomic E-state index is 13.6. The van der Waals surface area contributed by atoms with Gasteiger partial charge in [-0.1, -0.05) is 133 Å². The molecule has 2 aromatic carbocycles. The molecule has 1 heterocycles. The number of nitrogens with zero attached hydrogens (tertiary/aromatic N) is 1. The van der Waals surface area contributed by atoms with Crippen molar-refractivity contribution in [2.24, 2.45) is 11.8 Å². The van der Waals surface area contributed by atoms with Gasteiger partial charge >= 0.3 is 5.97 Å². The van der Waals surface area contributed by atoms with Gasteiger partial charge in [-0.3, -0.25) is 19.3 Å². The van der Waals surface area contributed by atoms with Gasteiger partial charge in [-0.2, -0.15) is 0 Å². The first kappa shape index (κ1) is 28.6. The van der Waals surface area contributed by atoms with E-state index in [1.807, 2.05) is 24.3 Å². The van der Waals surface area contributed by atoms with Crippen molar-refractivity contribution >= 4 is 17.8 Å². The number of esters is 1. The number of hydrogen-bond donors (Lipinski definition) is 0. The zero-order chi connectivity index (χ0) is 27.9. The highest BCUT2D eigenvalue weighted by Gasteiger charge is 2.61. The van der Waals surface area contributed by atoms with Crippen LogP contribution in [0.25, 0.3) is 0 Å². The molecule has 2 bridgehead atoms. The molecule has 1 fully saturated rings. The zero-order valence-electron chi connectivity index (χ0n) is 24.1. The van der Waals surface area contributed by atoms with Crippen LogP contribution in [0.2, 0.25) is 0 Å². The first-order valence-electron chi connectivity index (χ1n) is 15.8. The highest BCUT2D eigenvalue weighted by atomic mass is 16.5. The molecule has 214 valence electrons. The number of ether oxygens (including phenoxy) is 1. The molecule has 0 unspecified atom stereocenters. The molecule has 0 spiro atoms. The summed E-state index contributed by atoms with van der Waals surface area (Å²) in [4.78, 5) is 41.0. The van der Waals surface area contributed by atoms with Crippen LogP contribution in [0.4, 0.5) is 0 Å². The van der Waals surface area contributed by atoms with Gasteiger partial charge in [-0.05, 0) is 28.7 Å². The molecule has 1 aliphatic heterocycles. The van der Waals surface area contributed by atoms with E-state index < -0.39 is 17.8 Å². The minimum absolute atomic E-state index is 0.148. The summed E-state index contributed by atoms with van der Waals surface area (Å²) in [6.07, 6.45) is 16.4. The van der Waals surface area contributed by atoms with Crippen LogP contribution in [0, 0.1) is 11.8 Å². The summed E-state index contributed by atoms with van der Waals surface area (Å²) in [6, 6.07) is 16.4. The Balaban J connectivity index is 1.04. The molecule has 5 nitrogen and oxygen atoms in total. The van der Waals surface area contributed by atoms with Gasteiger partial charge in [0.05, 0.1) is 18.4 Å². The molecular formula is C35H45NO4. The quantitative estimate of drug-likeness (QED) is 0.125. The van der Waals surface area contributed by atoms with Gasteiger partial charge in [0.2, 0.25) is 11.8 Å². The normalized spacial score (nSPS) is 22.3. The Labute approximate surface area is 239 Å². The summed E-state index contributed by atoms with van der Waals surface area (Å²) in [6.45, 7) is 2.33. The van der Waals surface area contributed by atoms with E-state index in [1.165, 1.54) is 69.1 Å². The van der Waals surface area contributed by atoms with Crippen LogP contribution >= 0.6 is 0 Å². The van der Waals surface area contributed by atoms with Crippen LogP contribution in [0.3, 0.4) is 0 Å². The van der Waals surface area contributed by atoms with E-state index in [9.17, 15) is 14.4 Å². The number of carbonyl (C=O) groups is 3. The molecular weight excluding hydrogens is 498 g/mol. The summed E-state index contributed by atoms with van der Waals surface area (Å²) in [7, 11) is 0. The largest absolute Gasteiger partial charge is 0.464 e. The summed E-state index contributed by atoms with van der Waals surface area (Å²) in [5.74, 6) is -2.14. The fourth-order valence-corrected chi connectivity index (χ4v) is 7.38. The Hall–Kier alpha value is -2.95. The second-order valence-corrected chi connectivity index (χ2v) is 12.0. The molecule has 0 radical (unpaired) electrons. The molecule has 40 heavy (non-hydrogen) atoms. The molecule has 2 aromatic rings. The van der Waals surface area contributed by atoms with Crippen LogP contribution in [0.5, 0.6) is 0 Å². The Morgan fingerprint density at radius 1 is 0.625 bits per heavy atom. The zero-order valence-corrected chi connectivity index (χ0v) is 24.1. The topological polar surface area (TPSA) is 63.7 Å². The number of imide groups is 1. The molecule has 2 amide bonds. The number of amides is 2. The van der Waals surface area contributed by atoms with Gasteiger partial charge in [-0.15, -0.1) is 0 Å². The lowest BCUT2D eigenvalue weighted by Gasteiger charge is -2.45. The Morgan fingerprint density at radius 3 is 1.40 bits per heavy atom. The fraction of sp³-hybridized carbons (Fsp3) is 0.571. The lowest BCUT2D eigenvalue weighted by atomic mass is 9.55. The summed E-state index contributed by atoms with van der Waals surface area (Å²) < 4.78 is 5.46. The monoisotopic (exact) mass is 543 g/mol. The number of likely N-dealkylation sites (tertiary alicyclic amines) is 1. The maximum Gasteiger partial charge on any atom is 0.326 e. The highest BCUT2D eigenvalue weighted by Crippen LogP contribution is 2.60. The molecule has 0 N–H and O–H groups in total. The van der Waals surface area contributed by atoms with Crippen LogP contribution < -0.4 is 0 Å². The molecule has 0 aromatic heterocycles. The Bertz CT molecular complexity index is 1070. The standard InChI is InChI=1S/C35H45NO4/c1-2-3-4-5-6-7-8-9-10-11-12-13-18-23-40-29(37)24-36-34(38)32-30-25-19-14-15-20-26(25)31(33(32)35(36)39)28-22-17-16-21-27(28)30/h14-17,19-22,30-33H,2-13,18,23-24H2,1H3/t30?,31?,32-,33-/m1/s1. The predicted molar refractivity (Wildman–Crippen MR) is 157 cm³/mol. The Kier molecular flexibility index (Phi) is 9.72. The predicted octanol–water partition coefficient (Wildman–Crippen LogP) is 7.51. The molecule has 0 saturated carbocycles.